The molecule has 0 spiro atoms. The molecule has 0 aliphatic carbocycles. The van der Waals surface area contributed by atoms with Crippen LogP contribution in [0.3, 0.4) is 0 Å². The van der Waals surface area contributed by atoms with Gasteiger partial charge in [-0.25, -0.2) is 0 Å². The molecule has 2 aliphatic rings. The number of hydrogen-bond acceptors (Lipinski definition) is 3. The van der Waals surface area contributed by atoms with Crippen LogP contribution in [0.15, 0.2) is 24.3 Å². The first-order chi connectivity index (χ1) is 11.1. The van der Waals surface area contributed by atoms with Crippen molar-refractivity contribution in [3.8, 4) is 0 Å². The zero-order valence-electron chi connectivity index (χ0n) is 14.0. The first kappa shape index (κ1) is 16.0. The normalized spacial score (nSPS) is 22.7. The SMILES string of the molecule is CCN1CCN(C(=O)C2CC(=O)N(c3cccc(C)c3)C2)CC1. The Morgan fingerprint density at radius 1 is 1.22 bits per heavy atom. The Balaban J connectivity index is 1.64. The van der Waals surface area contributed by atoms with E-state index in [9.17, 15) is 9.59 Å². The molecule has 0 N–H and O–H groups in total. The fourth-order valence-electron chi connectivity index (χ4n) is 3.46. The van der Waals surface area contributed by atoms with E-state index in [1.165, 1.54) is 0 Å². The predicted molar refractivity (Wildman–Crippen MR) is 90.3 cm³/mol. The topological polar surface area (TPSA) is 43.9 Å². The number of piperazine rings is 1. The number of benzene rings is 1. The summed E-state index contributed by atoms with van der Waals surface area (Å²) in [7, 11) is 0. The van der Waals surface area contributed by atoms with E-state index in [0.717, 1.165) is 44.0 Å². The van der Waals surface area contributed by atoms with Crippen LogP contribution in [0.5, 0.6) is 0 Å². The number of rotatable bonds is 3. The molecular formula is C18H25N3O2. The minimum Gasteiger partial charge on any atom is -0.340 e. The third-order valence-corrected chi connectivity index (χ3v) is 4.92. The lowest BCUT2D eigenvalue weighted by molar-refractivity contribution is -0.137. The summed E-state index contributed by atoms with van der Waals surface area (Å²) >= 11 is 0. The van der Waals surface area contributed by atoms with E-state index < -0.39 is 0 Å². The van der Waals surface area contributed by atoms with Crippen molar-refractivity contribution >= 4 is 17.5 Å². The molecule has 3 rings (SSSR count). The van der Waals surface area contributed by atoms with Gasteiger partial charge in [0.15, 0.2) is 0 Å². The average Bonchev–Trinajstić information content (AvgIpc) is 2.96. The van der Waals surface area contributed by atoms with Gasteiger partial charge in [-0.3, -0.25) is 9.59 Å². The van der Waals surface area contributed by atoms with Crippen LogP contribution >= 0.6 is 0 Å². The average molecular weight is 315 g/mol. The van der Waals surface area contributed by atoms with Crippen LogP contribution in [0.25, 0.3) is 0 Å². The Kier molecular flexibility index (Phi) is 4.66. The summed E-state index contributed by atoms with van der Waals surface area (Å²) in [5.74, 6) is 0.00147. The summed E-state index contributed by atoms with van der Waals surface area (Å²) in [6.07, 6.45) is 0.334. The molecule has 2 amide bonds. The number of carbonyl (C=O) groups is 2. The zero-order valence-corrected chi connectivity index (χ0v) is 14.0. The van der Waals surface area contributed by atoms with Gasteiger partial charge in [0, 0.05) is 44.8 Å². The first-order valence-electron chi connectivity index (χ1n) is 8.46. The van der Waals surface area contributed by atoms with Gasteiger partial charge in [-0.15, -0.1) is 0 Å². The number of amides is 2. The molecule has 1 atom stereocenters. The monoisotopic (exact) mass is 315 g/mol. The molecule has 5 nitrogen and oxygen atoms in total. The third kappa shape index (κ3) is 3.39. The zero-order chi connectivity index (χ0) is 16.4. The number of aryl methyl sites for hydroxylation is 1. The first-order valence-corrected chi connectivity index (χ1v) is 8.46. The highest BCUT2D eigenvalue weighted by atomic mass is 16.2. The van der Waals surface area contributed by atoms with Gasteiger partial charge in [0.2, 0.25) is 11.8 Å². The quantitative estimate of drug-likeness (QED) is 0.849. The van der Waals surface area contributed by atoms with Crippen molar-refractivity contribution in [1.29, 1.82) is 0 Å². The van der Waals surface area contributed by atoms with Gasteiger partial charge in [-0.1, -0.05) is 19.1 Å². The minimum atomic E-state index is -0.198. The van der Waals surface area contributed by atoms with E-state index in [2.05, 4.69) is 11.8 Å². The van der Waals surface area contributed by atoms with E-state index in [0.29, 0.717) is 13.0 Å². The Bertz CT molecular complexity index is 594. The van der Waals surface area contributed by atoms with Crippen molar-refractivity contribution in [2.24, 2.45) is 5.92 Å². The maximum absolute atomic E-state index is 12.7. The van der Waals surface area contributed by atoms with Crippen LogP contribution in [0.1, 0.15) is 18.9 Å². The number of carbonyl (C=O) groups excluding carboxylic acids is 2. The highest BCUT2D eigenvalue weighted by Gasteiger charge is 2.37. The molecule has 2 heterocycles. The van der Waals surface area contributed by atoms with Gasteiger partial charge in [-0.05, 0) is 31.2 Å². The number of nitrogens with zero attached hydrogens (tertiary/aromatic N) is 3. The molecule has 2 saturated heterocycles. The van der Waals surface area contributed by atoms with E-state index in [-0.39, 0.29) is 17.7 Å². The summed E-state index contributed by atoms with van der Waals surface area (Å²) in [6.45, 7) is 9.13. The van der Waals surface area contributed by atoms with Crippen LogP contribution in [-0.4, -0.2) is 60.9 Å². The van der Waals surface area contributed by atoms with Crippen LogP contribution in [0, 0.1) is 12.8 Å². The highest BCUT2D eigenvalue weighted by Crippen LogP contribution is 2.27. The van der Waals surface area contributed by atoms with Crippen LogP contribution < -0.4 is 4.90 Å². The summed E-state index contributed by atoms with van der Waals surface area (Å²) in [4.78, 5) is 31.1. The molecular weight excluding hydrogens is 290 g/mol. The van der Waals surface area contributed by atoms with Crippen LogP contribution in [0.2, 0.25) is 0 Å². The maximum atomic E-state index is 12.7. The lowest BCUT2D eigenvalue weighted by Crippen LogP contribution is -2.50. The fraction of sp³-hybridized carbons (Fsp3) is 0.556. The van der Waals surface area contributed by atoms with Crippen molar-refractivity contribution in [3.05, 3.63) is 29.8 Å². The number of likely N-dealkylation sites (N-methyl/N-ethyl adjacent to an activating group) is 1. The fourth-order valence-corrected chi connectivity index (χ4v) is 3.46. The lowest BCUT2D eigenvalue weighted by Gasteiger charge is -2.35. The van der Waals surface area contributed by atoms with Gasteiger partial charge in [0.05, 0.1) is 5.92 Å². The Morgan fingerprint density at radius 3 is 2.61 bits per heavy atom. The van der Waals surface area contributed by atoms with Crippen molar-refractivity contribution in [2.45, 2.75) is 20.3 Å². The van der Waals surface area contributed by atoms with E-state index >= 15 is 0 Å². The Morgan fingerprint density at radius 2 is 1.96 bits per heavy atom. The molecule has 0 radical (unpaired) electrons. The molecule has 0 saturated carbocycles. The van der Waals surface area contributed by atoms with E-state index in [4.69, 9.17) is 0 Å². The smallest absolute Gasteiger partial charge is 0.228 e. The second-order valence-corrected chi connectivity index (χ2v) is 6.50. The summed E-state index contributed by atoms with van der Waals surface area (Å²) in [5, 5.41) is 0. The molecule has 0 aromatic heterocycles. The maximum Gasteiger partial charge on any atom is 0.228 e. The van der Waals surface area contributed by atoms with Gasteiger partial charge in [0.25, 0.3) is 0 Å². The Labute approximate surface area is 137 Å². The van der Waals surface area contributed by atoms with E-state index in [1.54, 1.807) is 4.90 Å². The molecule has 5 heteroatoms. The molecule has 1 aromatic rings. The second kappa shape index (κ2) is 6.71. The molecule has 124 valence electrons. The van der Waals surface area contributed by atoms with Crippen LogP contribution in [-0.2, 0) is 9.59 Å². The summed E-state index contributed by atoms with van der Waals surface area (Å²) in [5.41, 5.74) is 2.03. The van der Waals surface area contributed by atoms with Crippen LogP contribution in [0.4, 0.5) is 5.69 Å². The van der Waals surface area contributed by atoms with Crippen molar-refractivity contribution in [1.82, 2.24) is 9.80 Å². The lowest BCUT2D eigenvalue weighted by atomic mass is 10.1. The molecule has 2 aliphatic heterocycles. The molecule has 2 fully saturated rings. The molecule has 1 aromatic carbocycles. The Hall–Kier alpha value is -1.88. The van der Waals surface area contributed by atoms with E-state index in [1.807, 2.05) is 36.1 Å². The number of anilines is 1. The number of hydrogen-bond donors (Lipinski definition) is 0. The summed E-state index contributed by atoms with van der Waals surface area (Å²) < 4.78 is 0. The standard InChI is InChI=1S/C18H25N3O2/c1-3-19-7-9-20(10-8-19)18(23)15-12-17(22)21(13-15)16-6-4-5-14(2)11-16/h4-6,11,15H,3,7-10,12-13H2,1-2H3. The predicted octanol–water partition coefficient (Wildman–Crippen LogP) is 1.51. The summed E-state index contributed by atoms with van der Waals surface area (Å²) in [6, 6.07) is 7.92. The van der Waals surface area contributed by atoms with Crippen molar-refractivity contribution in [2.75, 3.05) is 44.2 Å². The van der Waals surface area contributed by atoms with Crippen molar-refractivity contribution < 1.29 is 9.59 Å². The third-order valence-electron chi connectivity index (χ3n) is 4.92. The van der Waals surface area contributed by atoms with Gasteiger partial charge < -0.3 is 14.7 Å². The molecule has 1 unspecified atom stereocenters. The largest absolute Gasteiger partial charge is 0.340 e. The minimum absolute atomic E-state index is 0.0566. The second-order valence-electron chi connectivity index (χ2n) is 6.50. The molecule has 23 heavy (non-hydrogen) atoms. The van der Waals surface area contributed by atoms with Gasteiger partial charge >= 0.3 is 0 Å². The van der Waals surface area contributed by atoms with Gasteiger partial charge in [-0.2, -0.15) is 0 Å². The highest BCUT2D eigenvalue weighted by molar-refractivity contribution is 6.00. The van der Waals surface area contributed by atoms with Crippen molar-refractivity contribution in [3.63, 3.8) is 0 Å². The molecule has 0 bridgehead atoms. The van der Waals surface area contributed by atoms with Gasteiger partial charge in [0.1, 0.15) is 0 Å².